The number of thiophene rings is 1. The Morgan fingerprint density at radius 1 is 1.23 bits per heavy atom. The van der Waals surface area contributed by atoms with E-state index >= 15 is 0 Å². The fraction of sp³-hybridized carbons (Fsp3) is 0.650. The Hall–Kier alpha value is -1.14. The average molecular weight is 388 g/mol. The van der Waals surface area contributed by atoms with Crippen molar-refractivity contribution < 1.29 is 4.79 Å². The van der Waals surface area contributed by atoms with Gasteiger partial charge in [0.25, 0.3) is 0 Å². The first kappa shape index (κ1) is 17.0. The lowest BCUT2D eigenvalue weighted by molar-refractivity contribution is -0.141. The number of Topliss-reactive ketones (excluding diaryl/α,β-unsaturated/α-hetero) is 1. The fourth-order valence-electron chi connectivity index (χ4n) is 6.00. The number of nitrogens with zero attached hydrogens (tertiary/aromatic N) is 3. The van der Waals surface area contributed by atoms with E-state index in [4.69, 9.17) is 0 Å². The van der Waals surface area contributed by atoms with E-state index in [1.165, 1.54) is 19.3 Å². The number of carbonyl (C=O) groups is 1. The highest BCUT2D eigenvalue weighted by molar-refractivity contribution is 7.99. The Labute approximate surface area is 162 Å². The molecule has 0 spiro atoms. The van der Waals surface area contributed by atoms with Crippen molar-refractivity contribution in [3.05, 3.63) is 17.5 Å². The maximum absolute atomic E-state index is 13.2. The molecule has 0 amide bonds. The molecule has 138 valence electrons. The van der Waals surface area contributed by atoms with Crippen LogP contribution in [0, 0.1) is 23.2 Å². The summed E-state index contributed by atoms with van der Waals surface area (Å²) in [7, 11) is 0. The van der Waals surface area contributed by atoms with E-state index in [2.05, 4.69) is 33.1 Å². The van der Waals surface area contributed by atoms with Crippen LogP contribution in [0.25, 0.3) is 10.7 Å². The maximum Gasteiger partial charge on any atom is 0.191 e. The summed E-state index contributed by atoms with van der Waals surface area (Å²) in [5, 5.41) is 11.7. The highest BCUT2D eigenvalue weighted by Crippen LogP contribution is 2.60. The van der Waals surface area contributed by atoms with Crippen LogP contribution < -0.4 is 0 Å². The zero-order valence-corrected chi connectivity index (χ0v) is 16.8. The molecule has 26 heavy (non-hydrogen) atoms. The quantitative estimate of drug-likeness (QED) is 0.661. The smallest absolute Gasteiger partial charge is 0.191 e. The molecular formula is C20H25N3OS2. The van der Waals surface area contributed by atoms with Crippen molar-refractivity contribution in [3.8, 4) is 10.7 Å². The van der Waals surface area contributed by atoms with Gasteiger partial charge in [-0.3, -0.25) is 4.79 Å². The van der Waals surface area contributed by atoms with Gasteiger partial charge in [0.1, 0.15) is 5.78 Å². The molecule has 2 aromatic rings. The predicted octanol–water partition coefficient (Wildman–Crippen LogP) is 4.90. The van der Waals surface area contributed by atoms with Crippen molar-refractivity contribution in [2.45, 2.75) is 57.1 Å². The Kier molecular flexibility index (Phi) is 4.24. The second kappa shape index (κ2) is 6.48. The molecule has 4 aliphatic rings. The average Bonchev–Trinajstić information content (AvgIpc) is 3.27. The first-order valence-electron chi connectivity index (χ1n) is 9.80. The molecule has 4 fully saturated rings. The molecule has 4 saturated carbocycles. The predicted molar refractivity (Wildman–Crippen MR) is 105 cm³/mol. The van der Waals surface area contributed by atoms with Crippen LogP contribution in [0.1, 0.15) is 45.4 Å². The number of ketones is 1. The molecule has 4 bridgehead atoms. The normalized spacial score (nSPS) is 32.3. The van der Waals surface area contributed by atoms with Gasteiger partial charge in [0.2, 0.25) is 0 Å². The SMILES string of the molecule is CCn1c(SCC(=O)C23CC4CC(CC(C4)C2)C3)nnc1-c1cccs1. The van der Waals surface area contributed by atoms with Gasteiger partial charge in [-0.1, -0.05) is 17.8 Å². The van der Waals surface area contributed by atoms with Gasteiger partial charge in [-0.05, 0) is 74.6 Å². The van der Waals surface area contributed by atoms with Gasteiger partial charge in [0, 0.05) is 12.0 Å². The minimum Gasteiger partial charge on any atom is -0.302 e. The van der Waals surface area contributed by atoms with E-state index in [0.29, 0.717) is 11.5 Å². The molecule has 0 aliphatic heterocycles. The van der Waals surface area contributed by atoms with Crippen molar-refractivity contribution in [1.29, 1.82) is 0 Å². The van der Waals surface area contributed by atoms with Crippen LogP contribution in [-0.2, 0) is 11.3 Å². The van der Waals surface area contributed by atoms with Gasteiger partial charge in [0.15, 0.2) is 11.0 Å². The van der Waals surface area contributed by atoms with Crippen LogP contribution >= 0.6 is 23.1 Å². The summed E-state index contributed by atoms with van der Waals surface area (Å²) in [6.07, 6.45) is 7.61. The van der Waals surface area contributed by atoms with Gasteiger partial charge in [-0.25, -0.2) is 0 Å². The second-order valence-corrected chi connectivity index (χ2v) is 10.3. The summed E-state index contributed by atoms with van der Waals surface area (Å²) in [6, 6.07) is 4.12. The Balaban J connectivity index is 1.32. The number of rotatable bonds is 6. The van der Waals surface area contributed by atoms with Gasteiger partial charge in [-0.15, -0.1) is 21.5 Å². The lowest BCUT2D eigenvalue weighted by Gasteiger charge is -2.56. The van der Waals surface area contributed by atoms with E-state index in [1.807, 2.05) is 6.07 Å². The van der Waals surface area contributed by atoms with Crippen LogP contribution in [0.15, 0.2) is 22.7 Å². The number of thioether (sulfide) groups is 1. The molecular weight excluding hydrogens is 362 g/mol. The molecule has 0 saturated heterocycles. The van der Waals surface area contributed by atoms with Crippen molar-refractivity contribution in [1.82, 2.24) is 14.8 Å². The van der Waals surface area contributed by atoms with Crippen LogP contribution in [0.5, 0.6) is 0 Å². The molecule has 6 rings (SSSR count). The lowest BCUT2D eigenvalue weighted by Crippen LogP contribution is -2.50. The van der Waals surface area contributed by atoms with Gasteiger partial charge >= 0.3 is 0 Å². The van der Waals surface area contributed by atoms with E-state index in [0.717, 1.165) is 59.4 Å². The zero-order chi connectivity index (χ0) is 17.7. The highest BCUT2D eigenvalue weighted by atomic mass is 32.2. The van der Waals surface area contributed by atoms with Crippen LogP contribution in [0.4, 0.5) is 0 Å². The summed E-state index contributed by atoms with van der Waals surface area (Å²) in [5.74, 6) is 4.41. The molecule has 4 nitrogen and oxygen atoms in total. The topological polar surface area (TPSA) is 47.8 Å². The molecule has 2 aromatic heterocycles. The van der Waals surface area contributed by atoms with Gasteiger partial charge in [-0.2, -0.15) is 0 Å². The number of hydrogen-bond acceptors (Lipinski definition) is 5. The van der Waals surface area contributed by atoms with Gasteiger partial charge in [0.05, 0.1) is 10.6 Å². The molecule has 0 aromatic carbocycles. The largest absolute Gasteiger partial charge is 0.302 e. The number of carbonyl (C=O) groups excluding carboxylic acids is 1. The third-order valence-electron chi connectivity index (χ3n) is 6.74. The standard InChI is InChI=1S/C20H25N3OS2/c1-2-23-18(16-4-3-5-25-16)21-22-19(23)26-12-17(24)20-9-13-6-14(10-20)8-15(7-13)11-20/h3-5,13-15H,2,6-12H2,1H3. The molecule has 0 unspecified atom stereocenters. The maximum atomic E-state index is 13.2. The summed E-state index contributed by atoms with van der Waals surface area (Å²) < 4.78 is 2.14. The van der Waals surface area contributed by atoms with E-state index in [9.17, 15) is 4.79 Å². The summed E-state index contributed by atoms with van der Waals surface area (Å²) >= 11 is 3.27. The fourth-order valence-corrected chi connectivity index (χ4v) is 7.76. The summed E-state index contributed by atoms with van der Waals surface area (Å²) in [5.41, 5.74) is -0.00457. The van der Waals surface area contributed by atoms with Crippen LogP contribution in [0.3, 0.4) is 0 Å². The third kappa shape index (κ3) is 2.76. The summed E-state index contributed by atoms with van der Waals surface area (Å²) in [4.78, 5) is 14.4. The van der Waals surface area contributed by atoms with E-state index < -0.39 is 0 Å². The van der Waals surface area contributed by atoms with Gasteiger partial charge < -0.3 is 4.57 Å². The van der Waals surface area contributed by atoms with Crippen LogP contribution in [-0.4, -0.2) is 26.3 Å². The molecule has 0 atom stereocenters. The first-order valence-corrected chi connectivity index (χ1v) is 11.7. The van der Waals surface area contributed by atoms with Crippen molar-refractivity contribution in [2.75, 3.05) is 5.75 Å². The Morgan fingerprint density at radius 3 is 2.50 bits per heavy atom. The highest BCUT2D eigenvalue weighted by Gasteiger charge is 2.54. The lowest BCUT2D eigenvalue weighted by atomic mass is 9.48. The minimum atomic E-state index is -0.00457. The number of hydrogen-bond donors (Lipinski definition) is 0. The van der Waals surface area contributed by atoms with Crippen LogP contribution in [0.2, 0.25) is 0 Å². The van der Waals surface area contributed by atoms with Crippen molar-refractivity contribution in [2.24, 2.45) is 23.2 Å². The second-order valence-electron chi connectivity index (χ2n) is 8.44. The Morgan fingerprint density at radius 2 is 1.92 bits per heavy atom. The molecule has 2 heterocycles. The first-order chi connectivity index (χ1) is 12.7. The Bertz CT molecular complexity index is 776. The zero-order valence-electron chi connectivity index (χ0n) is 15.2. The molecule has 6 heteroatoms. The summed E-state index contributed by atoms with van der Waals surface area (Å²) in [6.45, 7) is 2.94. The molecule has 4 aliphatic carbocycles. The van der Waals surface area contributed by atoms with Crippen molar-refractivity contribution >= 4 is 28.9 Å². The minimum absolute atomic E-state index is 0.00457. The van der Waals surface area contributed by atoms with E-state index in [-0.39, 0.29) is 5.41 Å². The molecule has 0 radical (unpaired) electrons. The third-order valence-corrected chi connectivity index (χ3v) is 8.57. The monoisotopic (exact) mass is 387 g/mol. The van der Waals surface area contributed by atoms with Crippen molar-refractivity contribution in [3.63, 3.8) is 0 Å². The number of aromatic nitrogens is 3. The molecule has 0 N–H and O–H groups in total. The van der Waals surface area contributed by atoms with E-state index in [1.54, 1.807) is 23.1 Å².